The monoisotopic (exact) mass is 343 g/mol. The Kier molecular flexibility index (Phi) is 6.33. The number of carbonyl (C=O) groups is 1. The van der Waals surface area contributed by atoms with E-state index in [-0.39, 0.29) is 16.9 Å². The molecule has 2 rings (SSSR count). The Labute approximate surface area is 145 Å². The summed E-state index contributed by atoms with van der Waals surface area (Å²) >= 11 is 0. The number of nitro groups is 1. The lowest BCUT2D eigenvalue weighted by Gasteiger charge is -2.09. The Morgan fingerprint density at radius 2 is 2.08 bits per heavy atom. The quantitative estimate of drug-likeness (QED) is 0.331. The van der Waals surface area contributed by atoms with Crippen molar-refractivity contribution in [3.63, 3.8) is 0 Å². The van der Waals surface area contributed by atoms with Crippen LogP contribution in [0.4, 0.5) is 11.4 Å². The zero-order chi connectivity index (χ0) is 18.2. The van der Waals surface area contributed by atoms with E-state index in [0.717, 1.165) is 24.2 Å². The van der Waals surface area contributed by atoms with Gasteiger partial charge in [-0.05, 0) is 36.2 Å². The maximum atomic E-state index is 12.2. The standard InChI is InChI=1S/C18H21N3O4/c1-2-3-9-25-15-6-4-5-13(10-15)12-20-18(22)14-7-8-16(19)17(11-14)21(23)24/h4-8,10-11H,2-3,9,12,19H2,1H3,(H,20,22). The number of nitrogens with one attached hydrogen (secondary N) is 1. The van der Waals surface area contributed by atoms with Gasteiger partial charge in [-0.3, -0.25) is 14.9 Å². The lowest BCUT2D eigenvalue weighted by atomic mass is 10.1. The summed E-state index contributed by atoms with van der Waals surface area (Å²) in [5.41, 5.74) is 6.36. The van der Waals surface area contributed by atoms with Crippen molar-refractivity contribution in [1.82, 2.24) is 5.32 Å². The molecule has 0 aliphatic rings. The van der Waals surface area contributed by atoms with Gasteiger partial charge in [0.1, 0.15) is 11.4 Å². The van der Waals surface area contributed by atoms with Crippen LogP contribution in [0.15, 0.2) is 42.5 Å². The summed E-state index contributed by atoms with van der Waals surface area (Å²) in [6.07, 6.45) is 2.04. The predicted molar refractivity (Wildman–Crippen MR) is 95.5 cm³/mol. The van der Waals surface area contributed by atoms with Crippen LogP contribution in [0, 0.1) is 10.1 Å². The molecule has 0 atom stereocenters. The van der Waals surface area contributed by atoms with Crippen molar-refractivity contribution in [2.45, 2.75) is 26.3 Å². The Bertz CT molecular complexity index is 762. The van der Waals surface area contributed by atoms with Gasteiger partial charge in [-0.25, -0.2) is 0 Å². The molecule has 0 radical (unpaired) electrons. The fourth-order valence-corrected chi connectivity index (χ4v) is 2.21. The lowest BCUT2D eigenvalue weighted by molar-refractivity contribution is -0.383. The second-order valence-corrected chi connectivity index (χ2v) is 5.56. The van der Waals surface area contributed by atoms with E-state index in [4.69, 9.17) is 10.5 Å². The van der Waals surface area contributed by atoms with Gasteiger partial charge in [0.25, 0.3) is 11.6 Å². The molecular formula is C18H21N3O4. The van der Waals surface area contributed by atoms with E-state index in [1.165, 1.54) is 18.2 Å². The lowest BCUT2D eigenvalue weighted by Crippen LogP contribution is -2.23. The number of benzene rings is 2. The topological polar surface area (TPSA) is 107 Å². The minimum atomic E-state index is -0.608. The molecule has 0 unspecified atom stereocenters. The third-order valence-electron chi connectivity index (χ3n) is 3.61. The number of rotatable bonds is 8. The Morgan fingerprint density at radius 1 is 1.28 bits per heavy atom. The van der Waals surface area contributed by atoms with Gasteiger partial charge in [0, 0.05) is 18.2 Å². The van der Waals surface area contributed by atoms with Gasteiger partial charge in [-0.2, -0.15) is 0 Å². The molecule has 132 valence electrons. The molecule has 3 N–H and O–H groups in total. The van der Waals surface area contributed by atoms with Crippen LogP contribution < -0.4 is 15.8 Å². The molecule has 0 aliphatic heterocycles. The summed E-state index contributed by atoms with van der Waals surface area (Å²) in [4.78, 5) is 22.5. The van der Waals surface area contributed by atoms with E-state index in [9.17, 15) is 14.9 Å². The number of nitrogen functional groups attached to an aromatic ring is 1. The molecule has 1 amide bonds. The first kappa shape index (κ1) is 18.3. The summed E-state index contributed by atoms with van der Waals surface area (Å²) in [7, 11) is 0. The summed E-state index contributed by atoms with van der Waals surface area (Å²) in [5, 5.41) is 13.6. The number of hydrogen-bond acceptors (Lipinski definition) is 5. The predicted octanol–water partition coefficient (Wildman–Crippen LogP) is 3.29. The smallest absolute Gasteiger partial charge is 0.292 e. The number of nitro benzene ring substituents is 1. The van der Waals surface area contributed by atoms with Crippen LogP contribution in [0.2, 0.25) is 0 Å². The van der Waals surface area contributed by atoms with E-state index in [2.05, 4.69) is 12.2 Å². The second-order valence-electron chi connectivity index (χ2n) is 5.56. The maximum Gasteiger partial charge on any atom is 0.292 e. The second kappa shape index (κ2) is 8.68. The maximum absolute atomic E-state index is 12.2. The summed E-state index contributed by atoms with van der Waals surface area (Å²) < 4.78 is 5.63. The van der Waals surface area contributed by atoms with Gasteiger partial charge < -0.3 is 15.8 Å². The molecule has 0 heterocycles. The summed E-state index contributed by atoms with van der Waals surface area (Å²) in [6, 6.07) is 11.5. The van der Waals surface area contributed by atoms with Crippen LogP contribution in [0.1, 0.15) is 35.7 Å². The number of amides is 1. The molecule has 0 bridgehead atoms. The fourth-order valence-electron chi connectivity index (χ4n) is 2.21. The van der Waals surface area contributed by atoms with Crippen molar-refractivity contribution in [3.8, 4) is 5.75 Å². The van der Waals surface area contributed by atoms with E-state index in [0.29, 0.717) is 13.2 Å². The highest BCUT2D eigenvalue weighted by atomic mass is 16.6. The van der Waals surface area contributed by atoms with Crippen molar-refractivity contribution >= 4 is 17.3 Å². The molecular weight excluding hydrogens is 322 g/mol. The molecule has 0 aromatic heterocycles. The van der Waals surface area contributed by atoms with Crippen LogP contribution >= 0.6 is 0 Å². The SMILES string of the molecule is CCCCOc1cccc(CNC(=O)c2ccc(N)c([N+](=O)[O-])c2)c1. The number of hydrogen-bond donors (Lipinski definition) is 2. The average molecular weight is 343 g/mol. The van der Waals surface area contributed by atoms with Gasteiger partial charge in [0.05, 0.1) is 11.5 Å². The largest absolute Gasteiger partial charge is 0.494 e. The molecule has 0 spiro atoms. The third-order valence-corrected chi connectivity index (χ3v) is 3.61. The number of unbranched alkanes of at least 4 members (excludes halogenated alkanes) is 1. The van der Waals surface area contributed by atoms with Crippen LogP contribution in [0.5, 0.6) is 5.75 Å². The first-order valence-electron chi connectivity index (χ1n) is 8.05. The Hall–Kier alpha value is -3.09. The number of anilines is 1. The van der Waals surface area contributed by atoms with E-state index < -0.39 is 10.8 Å². The van der Waals surface area contributed by atoms with Gasteiger partial charge >= 0.3 is 0 Å². The summed E-state index contributed by atoms with van der Waals surface area (Å²) in [5.74, 6) is 0.351. The van der Waals surface area contributed by atoms with Gasteiger partial charge in [0.2, 0.25) is 0 Å². The summed E-state index contributed by atoms with van der Waals surface area (Å²) in [6.45, 7) is 3.04. The van der Waals surface area contributed by atoms with Crippen LogP contribution in [-0.2, 0) is 6.54 Å². The fraction of sp³-hybridized carbons (Fsp3) is 0.278. The number of nitrogens with two attached hydrogens (primary N) is 1. The van der Waals surface area contributed by atoms with Crippen molar-refractivity contribution in [2.75, 3.05) is 12.3 Å². The average Bonchev–Trinajstić information content (AvgIpc) is 2.60. The molecule has 2 aromatic rings. The highest BCUT2D eigenvalue weighted by molar-refractivity contribution is 5.95. The van der Waals surface area contributed by atoms with Gasteiger partial charge in [-0.15, -0.1) is 0 Å². The number of ether oxygens (including phenoxy) is 1. The minimum Gasteiger partial charge on any atom is -0.494 e. The Balaban J connectivity index is 1.99. The normalized spacial score (nSPS) is 10.3. The van der Waals surface area contributed by atoms with Crippen LogP contribution in [0.3, 0.4) is 0 Å². The minimum absolute atomic E-state index is 0.0264. The first-order valence-corrected chi connectivity index (χ1v) is 8.05. The zero-order valence-electron chi connectivity index (χ0n) is 14.0. The molecule has 0 saturated carbocycles. The molecule has 7 heteroatoms. The van der Waals surface area contributed by atoms with E-state index in [1.807, 2.05) is 24.3 Å². The molecule has 25 heavy (non-hydrogen) atoms. The molecule has 0 fully saturated rings. The molecule has 0 aliphatic carbocycles. The van der Waals surface area contributed by atoms with Crippen LogP contribution in [0.25, 0.3) is 0 Å². The molecule has 7 nitrogen and oxygen atoms in total. The third kappa shape index (κ3) is 5.20. The van der Waals surface area contributed by atoms with Crippen molar-refractivity contribution in [1.29, 1.82) is 0 Å². The first-order chi connectivity index (χ1) is 12.0. The van der Waals surface area contributed by atoms with E-state index >= 15 is 0 Å². The van der Waals surface area contributed by atoms with E-state index in [1.54, 1.807) is 0 Å². The van der Waals surface area contributed by atoms with Gasteiger partial charge in [-0.1, -0.05) is 25.5 Å². The molecule has 2 aromatic carbocycles. The zero-order valence-corrected chi connectivity index (χ0v) is 14.0. The van der Waals surface area contributed by atoms with Crippen LogP contribution in [-0.4, -0.2) is 17.4 Å². The van der Waals surface area contributed by atoms with Crippen molar-refractivity contribution < 1.29 is 14.5 Å². The number of nitrogens with zero attached hydrogens (tertiary/aromatic N) is 1. The number of carbonyl (C=O) groups excluding carboxylic acids is 1. The highest BCUT2D eigenvalue weighted by Gasteiger charge is 2.15. The van der Waals surface area contributed by atoms with Crippen molar-refractivity contribution in [3.05, 3.63) is 63.7 Å². The van der Waals surface area contributed by atoms with Gasteiger partial charge in [0.15, 0.2) is 0 Å². The highest BCUT2D eigenvalue weighted by Crippen LogP contribution is 2.22. The van der Waals surface area contributed by atoms with Crippen molar-refractivity contribution in [2.24, 2.45) is 0 Å². The molecule has 0 saturated heterocycles. The Morgan fingerprint density at radius 3 is 2.80 bits per heavy atom.